The van der Waals surface area contributed by atoms with Crippen LogP contribution >= 0.6 is 0 Å². The van der Waals surface area contributed by atoms with Gasteiger partial charge >= 0.3 is 0 Å². The predicted molar refractivity (Wildman–Crippen MR) is 85.1 cm³/mol. The Morgan fingerprint density at radius 3 is 2.30 bits per heavy atom. The highest BCUT2D eigenvalue weighted by Gasteiger charge is 2.30. The number of hydrogen-bond donors (Lipinski definition) is 0. The smallest absolute Gasteiger partial charge is 0.281 e. The second-order valence-corrected chi connectivity index (χ2v) is 8.02. The van der Waals surface area contributed by atoms with Crippen LogP contribution in [0.25, 0.3) is 0 Å². The molecule has 0 radical (unpaired) electrons. The molecule has 1 saturated heterocycles. The van der Waals surface area contributed by atoms with Gasteiger partial charge in [-0.25, -0.2) is 0 Å². The van der Waals surface area contributed by atoms with Gasteiger partial charge in [0, 0.05) is 52.3 Å². The lowest BCUT2D eigenvalue weighted by Gasteiger charge is -2.35. The Labute approximate surface area is 137 Å². The molecule has 2 rings (SSSR count). The topological polar surface area (TPSA) is 87.0 Å². The fourth-order valence-corrected chi connectivity index (χ4v) is 3.73. The zero-order valence-corrected chi connectivity index (χ0v) is 14.9. The molecule has 1 fully saturated rings. The lowest BCUT2D eigenvalue weighted by atomic mass is 10.1. The van der Waals surface area contributed by atoms with Crippen LogP contribution in [0.2, 0.25) is 0 Å². The first kappa shape index (κ1) is 17.9. The van der Waals surface area contributed by atoms with Crippen LogP contribution in [-0.2, 0) is 21.4 Å². The summed E-state index contributed by atoms with van der Waals surface area (Å²) in [5, 5.41) is 3.88. The fraction of sp³-hybridized carbons (Fsp3) is 0.714. The van der Waals surface area contributed by atoms with Gasteiger partial charge in [0.25, 0.3) is 10.2 Å². The maximum Gasteiger partial charge on any atom is 0.281 e. The molecule has 0 atom stereocenters. The van der Waals surface area contributed by atoms with E-state index in [0.717, 1.165) is 17.0 Å². The molecule has 2 heterocycles. The average molecular weight is 344 g/mol. The number of nitrogens with zero attached hydrogens (tertiary/aromatic N) is 4. The molecule has 23 heavy (non-hydrogen) atoms. The molecule has 1 aromatic heterocycles. The monoisotopic (exact) mass is 344 g/mol. The number of hydrogen-bond acceptors (Lipinski definition) is 5. The third-order valence-corrected chi connectivity index (χ3v) is 6.09. The van der Waals surface area contributed by atoms with Crippen LogP contribution in [-0.4, -0.2) is 73.3 Å². The van der Waals surface area contributed by atoms with Crippen LogP contribution in [0.1, 0.15) is 23.4 Å². The maximum absolute atomic E-state index is 12.3. The molecule has 8 nitrogen and oxygen atoms in total. The van der Waals surface area contributed by atoms with Crippen molar-refractivity contribution < 1.29 is 17.7 Å². The van der Waals surface area contributed by atoms with E-state index < -0.39 is 10.2 Å². The summed E-state index contributed by atoms with van der Waals surface area (Å²) in [7, 11) is -0.379. The van der Waals surface area contributed by atoms with Gasteiger partial charge in [0.05, 0.1) is 5.69 Å². The van der Waals surface area contributed by atoms with Crippen molar-refractivity contribution in [1.29, 1.82) is 0 Å². The van der Waals surface area contributed by atoms with Gasteiger partial charge in [0.1, 0.15) is 5.76 Å². The van der Waals surface area contributed by atoms with Crippen molar-refractivity contribution >= 4 is 16.1 Å². The Kier molecular flexibility index (Phi) is 5.43. The summed E-state index contributed by atoms with van der Waals surface area (Å²) >= 11 is 0. The van der Waals surface area contributed by atoms with E-state index in [-0.39, 0.29) is 5.91 Å². The van der Waals surface area contributed by atoms with E-state index in [1.807, 2.05) is 13.8 Å². The first-order valence-corrected chi connectivity index (χ1v) is 9.00. The van der Waals surface area contributed by atoms with Crippen LogP contribution < -0.4 is 0 Å². The zero-order chi connectivity index (χ0) is 17.2. The summed E-state index contributed by atoms with van der Waals surface area (Å²) in [6, 6.07) is 0. The molecular weight excluding hydrogens is 320 g/mol. The summed E-state index contributed by atoms with van der Waals surface area (Å²) in [5.41, 5.74) is 1.80. The molecule has 1 aliphatic rings. The molecule has 1 amide bonds. The van der Waals surface area contributed by atoms with Gasteiger partial charge in [0.2, 0.25) is 5.91 Å². The Bertz CT molecular complexity index is 641. The van der Waals surface area contributed by atoms with Gasteiger partial charge in [-0.05, 0) is 20.3 Å². The van der Waals surface area contributed by atoms with Crippen molar-refractivity contribution in [2.45, 2.75) is 26.7 Å². The number of aryl methyl sites for hydroxylation is 2. The minimum absolute atomic E-state index is 0.0342. The zero-order valence-electron chi connectivity index (χ0n) is 14.1. The summed E-state index contributed by atoms with van der Waals surface area (Å²) in [6.45, 7) is 5.21. The molecule has 0 spiro atoms. The van der Waals surface area contributed by atoms with Gasteiger partial charge in [0.15, 0.2) is 0 Å². The molecular formula is C14H24N4O4S. The molecule has 0 aliphatic carbocycles. The van der Waals surface area contributed by atoms with E-state index in [4.69, 9.17) is 4.52 Å². The molecule has 0 unspecified atom stereocenters. The number of rotatable bonds is 5. The summed E-state index contributed by atoms with van der Waals surface area (Å²) in [5.74, 6) is 0.782. The molecule has 1 aliphatic heterocycles. The number of carbonyl (C=O) groups excluding carboxylic acids is 1. The van der Waals surface area contributed by atoms with E-state index in [0.29, 0.717) is 39.0 Å². The van der Waals surface area contributed by atoms with Crippen molar-refractivity contribution in [3.05, 3.63) is 17.0 Å². The van der Waals surface area contributed by atoms with Gasteiger partial charge < -0.3 is 9.42 Å². The average Bonchev–Trinajstić information content (AvgIpc) is 2.83. The molecule has 9 heteroatoms. The van der Waals surface area contributed by atoms with Crippen molar-refractivity contribution in [3.8, 4) is 0 Å². The highest BCUT2D eigenvalue weighted by Crippen LogP contribution is 2.16. The van der Waals surface area contributed by atoms with Crippen molar-refractivity contribution in [2.75, 3.05) is 40.3 Å². The normalized spacial score (nSPS) is 17.0. The second-order valence-electron chi connectivity index (χ2n) is 5.87. The highest BCUT2D eigenvalue weighted by atomic mass is 32.2. The van der Waals surface area contributed by atoms with E-state index in [2.05, 4.69) is 5.16 Å². The van der Waals surface area contributed by atoms with Crippen LogP contribution in [0.3, 0.4) is 0 Å². The Morgan fingerprint density at radius 2 is 1.83 bits per heavy atom. The first-order valence-electron chi connectivity index (χ1n) is 7.60. The van der Waals surface area contributed by atoms with E-state index in [1.165, 1.54) is 22.7 Å². The van der Waals surface area contributed by atoms with Crippen molar-refractivity contribution in [2.24, 2.45) is 0 Å². The fourth-order valence-electron chi connectivity index (χ4n) is 2.65. The van der Waals surface area contributed by atoms with Crippen LogP contribution in [0.15, 0.2) is 4.52 Å². The number of piperazine rings is 1. The first-order chi connectivity index (χ1) is 10.7. The SMILES string of the molecule is Cc1noc(C)c1CCC(=O)N1CCN(S(=O)(=O)N(C)C)CC1. The Balaban J connectivity index is 1.87. The van der Waals surface area contributed by atoms with Crippen LogP contribution in [0.4, 0.5) is 0 Å². The maximum atomic E-state index is 12.3. The molecule has 1 aromatic rings. The van der Waals surface area contributed by atoms with Gasteiger partial charge in [-0.1, -0.05) is 5.16 Å². The van der Waals surface area contributed by atoms with Gasteiger partial charge in [-0.15, -0.1) is 0 Å². The van der Waals surface area contributed by atoms with Crippen molar-refractivity contribution in [1.82, 2.24) is 18.7 Å². The van der Waals surface area contributed by atoms with Crippen LogP contribution in [0.5, 0.6) is 0 Å². The lowest BCUT2D eigenvalue weighted by Crippen LogP contribution is -2.53. The van der Waals surface area contributed by atoms with Crippen molar-refractivity contribution in [3.63, 3.8) is 0 Å². The van der Waals surface area contributed by atoms with E-state index >= 15 is 0 Å². The van der Waals surface area contributed by atoms with Gasteiger partial charge in [-0.2, -0.15) is 17.0 Å². The summed E-state index contributed by atoms with van der Waals surface area (Å²) in [6.07, 6.45) is 0.972. The molecule has 0 bridgehead atoms. The number of amides is 1. The standard InChI is InChI=1S/C14H24N4O4S/c1-11-13(12(2)22-15-11)5-6-14(19)17-7-9-18(10-8-17)23(20,21)16(3)4/h5-10H2,1-4H3. The van der Waals surface area contributed by atoms with E-state index in [9.17, 15) is 13.2 Å². The second kappa shape index (κ2) is 6.98. The largest absolute Gasteiger partial charge is 0.361 e. The van der Waals surface area contributed by atoms with E-state index in [1.54, 1.807) is 4.90 Å². The summed E-state index contributed by atoms with van der Waals surface area (Å²) in [4.78, 5) is 14.0. The van der Waals surface area contributed by atoms with Gasteiger partial charge in [-0.3, -0.25) is 4.79 Å². The number of aromatic nitrogens is 1. The summed E-state index contributed by atoms with van der Waals surface area (Å²) < 4.78 is 31.8. The lowest BCUT2D eigenvalue weighted by molar-refractivity contribution is -0.132. The quantitative estimate of drug-likeness (QED) is 0.760. The third kappa shape index (κ3) is 3.91. The molecule has 0 saturated carbocycles. The predicted octanol–water partition coefficient (Wildman–Crippen LogP) is 0.175. The molecule has 0 aromatic carbocycles. The third-order valence-electron chi connectivity index (χ3n) is 4.15. The molecule has 130 valence electrons. The minimum Gasteiger partial charge on any atom is -0.361 e. The Hall–Kier alpha value is -1.45. The van der Waals surface area contributed by atoms with Crippen LogP contribution in [0, 0.1) is 13.8 Å². The number of carbonyl (C=O) groups is 1. The highest BCUT2D eigenvalue weighted by molar-refractivity contribution is 7.86. The Morgan fingerprint density at radius 1 is 1.22 bits per heavy atom. The molecule has 0 N–H and O–H groups in total. The minimum atomic E-state index is -3.40.